The molecule has 0 radical (unpaired) electrons. The van der Waals surface area contributed by atoms with Crippen LogP contribution in [0.1, 0.15) is 12.8 Å². The Bertz CT molecular complexity index is 1340. The zero-order valence-corrected chi connectivity index (χ0v) is 19.5. The highest BCUT2D eigenvalue weighted by molar-refractivity contribution is 5.99. The topological polar surface area (TPSA) is 92.4 Å². The molecule has 2 aromatic heterocycles. The molecule has 0 spiro atoms. The molecule has 178 valence electrons. The van der Waals surface area contributed by atoms with E-state index in [9.17, 15) is 4.79 Å². The van der Waals surface area contributed by atoms with Gasteiger partial charge in [0.15, 0.2) is 0 Å². The maximum absolute atomic E-state index is 11.6. The number of H-pyrrole nitrogens is 1. The number of piperidine rings is 1. The van der Waals surface area contributed by atoms with Gasteiger partial charge in [0.2, 0.25) is 11.8 Å². The lowest BCUT2D eigenvalue weighted by Crippen LogP contribution is -2.35. The normalized spacial score (nSPS) is 14.5. The van der Waals surface area contributed by atoms with Crippen molar-refractivity contribution in [3.8, 4) is 28.6 Å². The van der Waals surface area contributed by atoms with Gasteiger partial charge in [0.05, 0.1) is 5.39 Å². The molecular formula is C27H27N5O3. The standard InChI is InChI=1S/C27H27N5O3/c1-3-25(33)30-19-5-4-6-22(15-19)35-27-23-16-24(31-26(23)28-17-29-27)18-7-9-20(10-8-18)34-21-11-13-32(2)14-12-21/h3-10,15-17,21H,1,11-14H2,2H3,(H,30,33)(H,28,29,31). The van der Waals surface area contributed by atoms with E-state index in [1.165, 1.54) is 12.4 Å². The van der Waals surface area contributed by atoms with Crippen molar-refractivity contribution < 1.29 is 14.3 Å². The molecule has 8 nitrogen and oxygen atoms in total. The van der Waals surface area contributed by atoms with Crippen LogP contribution in [0.3, 0.4) is 0 Å². The summed E-state index contributed by atoms with van der Waals surface area (Å²) >= 11 is 0. The third kappa shape index (κ3) is 5.33. The number of benzene rings is 2. The molecule has 8 heteroatoms. The third-order valence-electron chi connectivity index (χ3n) is 6.02. The van der Waals surface area contributed by atoms with Crippen LogP contribution in [-0.4, -0.2) is 52.0 Å². The van der Waals surface area contributed by atoms with Gasteiger partial charge in [0.1, 0.15) is 29.6 Å². The highest BCUT2D eigenvalue weighted by Crippen LogP contribution is 2.32. The maximum Gasteiger partial charge on any atom is 0.247 e. The smallest absolute Gasteiger partial charge is 0.247 e. The molecule has 35 heavy (non-hydrogen) atoms. The molecule has 5 rings (SSSR count). The molecule has 1 amide bonds. The number of likely N-dealkylation sites (tertiary alicyclic amines) is 1. The van der Waals surface area contributed by atoms with E-state index in [1.54, 1.807) is 24.3 Å². The summed E-state index contributed by atoms with van der Waals surface area (Å²) in [6.07, 6.45) is 5.04. The average Bonchev–Trinajstić information content (AvgIpc) is 3.32. The van der Waals surface area contributed by atoms with Crippen LogP contribution in [0.5, 0.6) is 17.4 Å². The second kappa shape index (κ2) is 9.99. The number of anilines is 1. The Labute approximate surface area is 203 Å². The van der Waals surface area contributed by atoms with E-state index in [-0.39, 0.29) is 12.0 Å². The SMILES string of the molecule is C=CC(=O)Nc1cccc(Oc2ncnc3[nH]c(-c4ccc(OC5CCN(C)CC5)cc4)cc23)c1. The van der Waals surface area contributed by atoms with Crippen molar-refractivity contribution in [3.63, 3.8) is 0 Å². The lowest BCUT2D eigenvalue weighted by molar-refractivity contribution is -0.111. The van der Waals surface area contributed by atoms with E-state index in [0.29, 0.717) is 23.0 Å². The summed E-state index contributed by atoms with van der Waals surface area (Å²) in [6, 6.07) is 17.2. The van der Waals surface area contributed by atoms with E-state index in [1.807, 2.05) is 30.3 Å². The average molecular weight is 470 g/mol. The van der Waals surface area contributed by atoms with Crippen LogP contribution in [0.4, 0.5) is 5.69 Å². The zero-order valence-electron chi connectivity index (χ0n) is 19.5. The number of nitrogens with zero attached hydrogens (tertiary/aromatic N) is 3. The van der Waals surface area contributed by atoms with Crippen molar-refractivity contribution in [2.75, 3.05) is 25.5 Å². The number of aromatic amines is 1. The number of rotatable bonds is 7. The van der Waals surface area contributed by atoms with E-state index in [4.69, 9.17) is 9.47 Å². The molecule has 2 N–H and O–H groups in total. The molecule has 2 aromatic carbocycles. The number of fused-ring (bicyclic) bond motifs is 1. The molecule has 1 saturated heterocycles. The number of carbonyl (C=O) groups is 1. The Kier molecular flexibility index (Phi) is 6.45. The molecule has 3 heterocycles. The molecule has 4 aromatic rings. The van der Waals surface area contributed by atoms with E-state index in [2.05, 4.69) is 38.8 Å². The largest absolute Gasteiger partial charge is 0.490 e. The molecule has 0 bridgehead atoms. The summed E-state index contributed by atoms with van der Waals surface area (Å²) in [6.45, 7) is 5.60. The third-order valence-corrected chi connectivity index (χ3v) is 6.02. The Morgan fingerprint density at radius 2 is 1.91 bits per heavy atom. The number of amides is 1. The van der Waals surface area contributed by atoms with E-state index in [0.717, 1.165) is 48.3 Å². The zero-order chi connectivity index (χ0) is 24.2. The molecule has 0 saturated carbocycles. The van der Waals surface area contributed by atoms with Crippen molar-refractivity contribution in [1.82, 2.24) is 19.9 Å². The van der Waals surface area contributed by atoms with Crippen molar-refractivity contribution in [2.24, 2.45) is 0 Å². The first-order chi connectivity index (χ1) is 17.1. The van der Waals surface area contributed by atoms with Crippen LogP contribution in [0.15, 0.2) is 73.6 Å². The number of hydrogen-bond acceptors (Lipinski definition) is 6. The monoisotopic (exact) mass is 469 g/mol. The van der Waals surface area contributed by atoms with Crippen LogP contribution in [0.2, 0.25) is 0 Å². The fourth-order valence-corrected chi connectivity index (χ4v) is 4.10. The van der Waals surface area contributed by atoms with Crippen LogP contribution in [-0.2, 0) is 4.79 Å². The van der Waals surface area contributed by atoms with Crippen molar-refractivity contribution in [1.29, 1.82) is 0 Å². The summed E-state index contributed by atoms with van der Waals surface area (Å²) in [5.74, 6) is 1.56. The fourth-order valence-electron chi connectivity index (χ4n) is 4.10. The van der Waals surface area contributed by atoms with Gasteiger partial charge < -0.3 is 24.7 Å². The molecule has 1 aliphatic rings. The molecule has 0 unspecified atom stereocenters. The molecular weight excluding hydrogens is 442 g/mol. The van der Waals surface area contributed by atoms with Gasteiger partial charge in [0.25, 0.3) is 0 Å². The van der Waals surface area contributed by atoms with Crippen LogP contribution in [0, 0.1) is 0 Å². The quantitative estimate of drug-likeness (QED) is 0.370. The molecule has 1 fully saturated rings. The van der Waals surface area contributed by atoms with Crippen molar-refractivity contribution in [2.45, 2.75) is 18.9 Å². The second-order valence-corrected chi connectivity index (χ2v) is 8.59. The fraction of sp³-hybridized carbons (Fsp3) is 0.222. The second-order valence-electron chi connectivity index (χ2n) is 8.59. The van der Waals surface area contributed by atoms with Crippen LogP contribution >= 0.6 is 0 Å². The summed E-state index contributed by atoms with van der Waals surface area (Å²) in [5, 5.41) is 3.48. The minimum Gasteiger partial charge on any atom is -0.490 e. The van der Waals surface area contributed by atoms with Gasteiger partial charge in [-0.25, -0.2) is 9.97 Å². The summed E-state index contributed by atoms with van der Waals surface area (Å²) < 4.78 is 12.2. The van der Waals surface area contributed by atoms with Gasteiger partial charge in [-0.1, -0.05) is 12.6 Å². The van der Waals surface area contributed by atoms with E-state index < -0.39 is 0 Å². The maximum atomic E-state index is 11.6. The highest BCUT2D eigenvalue weighted by atomic mass is 16.5. The lowest BCUT2D eigenvalue weighted by Gasteiger charge is -2.29. The van der Waals surface area contributed by atoms with Gasteiger partial charge >= 0.3 is 0 Å². The molecule has 0 atom stereocenters. The summed E-state index contributed by atoms with van der Waals surface area (Å²) in [7, 11) is 2.15. The summed E-state index contributed by atoms with van der Waals surface area (Å²) in [5.41, 5.74) is 3.20. The lowest BCUT2D eigenvalue weighted by atomic mass is 10.1. The first-order valence-corrected chi connectivity index (χ1v) is 11.6. The Balaban J connectivity index is 1.33. The minimum atomic E-state index is -0.287. The first-order valence-electron chi connectivity index (χ1n) is 11.6. The predicted octanol–water partition coefficient (Wildman–Crippen LogP) is 5.01. The van der Waals surface area contributed by atoms with Crippen LogP contribution < -0.4 is 14.8 Å². The molecule has 1 aliphatic heterocycles. The predicted molar refractivity (Wildman–Crippen MR) is 136 cm³/mol. The number of aromatic nitrogens is 3. The summed E-state index contributed by atoms with van der Waals surface area (Å²) in [4.78, 5) is 25.9. The number of hydrogen-bond donors (Lipinski definition) is 2. The van der Waals surface area contributed by atoms with Gasteiger partial charge in [-0.3, -0.25) is 4.79 Å². The van der Waals surface area contributed by atoms with Gasteiger partial charge in [0, 0.05) is 30.5 Å². The van der Waals surface area contributed by atoms with Gasteiger partial charge in [-0.05, 0) is 74.0 Å². The number of carbonyl (C=O) groups excluding carboxylic acids is 1. The van der Waals surface area contributed by atoms with Crippen molar-refractivity contribution in [3.05, 3.63) is 73.6 Å². The number of nitrogens with one attached hydrogen (secondary N) is 2. The minimum absolute atomic E-state index is 0.267. The Hall–Kier alpha value is -4.17. The Morgan fingerprint density at radius 3 is 2.69 bits per heavy atom. The molecule has 0 aliphatic carbocycles. The van der Waals surface area contributed by atoms with Crippen LogP contribution in [0.25, 0.3) is 22.3 Å². The highest BCUT2D eigenvalue weighted by Gasteiger charge is 2.18. The van der Waals surface area contributed by atoms with E-state index >= 15 is 0 Å². The Morgan fingerprint density at radius 1 is 1.11 bits per heavy atom. The van der Waals surface area contributed by atoms with Gasteiger partial charge in [-0.2, -0.15) is 0 Å². The first kappa shape index (κ1) is 22.6. The van der Waals surface area contributed by atoms with Crippen molar-refractivity contribution >= 4 is 22.6 Å². The van der Waals surface area contributed by atoms with Gasteiger partial charge in [-0.15, -0.1) is 0 Å². The number of ether oxygens (including phenoxy) is 2.